The molecule has 1 N–H and O–H groups in total. The summed E-state index contributed by atoms with van der Waals surface area (Å²) in [5.41, 5.74) is 2.82. The molecule has 1 aromatic carbocycles. The van der Waals surface area contributed by atoms with Crippen molar-refractivity contribution in [1.82, 2.24) is 0 Å². The minimum Gasteiger partial charge on any atom is -0.378 e. The molecule has 0 aliphatic carbocycles. The summed E-state index contributed by atoms with van der Waals surface area (Å²) in [5.74, 6) is 0.00403. The highest BCUT2D eigenvalue weighted by Gasteiger charge is 2.17. The maximum atomic E-state index is 11.9. The van der Waals surface area contributed by atoms with Gasteiger partial charge < -0.3 is 10.1 Å². The molecule has 3 nitrogen and oxygen atoms in total. The Morgan fingerprint density at radius 3 is 2.89 bits per heavy atom. The van der Waals surface area contributed by atoms with Gasteiger partial charge in [0.05, 0.1) is 16.8 Å². The van der Waals surface area contributed by atoms with Crippen LogP contribution < -0.4 is 5.32 Å². The lowest BCUT2D eigenvalue weighted by Gasteiger charge is -2.13. The summed E-state index contributed by atoms with van der Waals surface area (Å²) < 4.78 is 5.51. The molecule has 1 saturated heterocycles. The Morgan fingerprint density at radius 1 is 1.47 bits per heavy atom. The summed E-state index contributed by atoms with van der Waals surface area (Å²) in [6, 6.07) is 3.88. The molecule has 1 aromatic rings. The lowest BCUT2D eigenvalue weighted by atomic mass is 10.1. The smallest absolute Gasteiger partial charge is 0.224 e. The number of nitrogens with one attached hydrogen (secondary N) is 1. The van der Waals surface area contributed by atoms with Gasteiger partial charge in [-0.05, 0) is 50.3 Å². The van der Waals surface area contributed by atoms with E-state index in [-0.39, 0.29) is 12.0 Å². The van der Waals surface area contributed by atoms with Crippen molar-refractivity contribution in [1.29, 1.82) is 0 Å². The summed E-state index contributed by atoms with van der Waals surface area (Å²) in [6.07, 6.45) is 3.69. The van der Waals surface area contributed by atoms with E-state index in [1.165, 1.54) is 0 Å². The molecule has 2 rings (SSSR count). The fraction of sp³-hybridized carbons (Fsp3) is 0.533. The van der Waals surface area contributed by atoms with Gasteiger partial charge in [0.2, 0.25) is 5.91 Å². The molecule has 1 amide bonds. The minimum atomic E-state index is 0.00403. The van der Waals surface area contributed by atoms with E-state index < -0.39 is 0 Å². The van der Waals surface area contributed by atoms with E-state index in [0.29, 0.717) is 11.4 Å². The highest BCUT2D eigenvalue weighted by atomic mass is 35.5. The van der Waals surface area contributed by atoms with Crippen LogP contribution in [0.15, 0.2) is 12.1 Å². The van der Waals surface area contributed by atoms with Gasteiger partial charge in [-0.3, -0.25) is 4.79 Å². The molecule has 1 aliphatic rings. The van der Waals surface area contributed by atoms with Gasteiger partial charge >= 0.3 is 0 Å². The van der Waals surface area contributed by atoms with Crippen LogP contribution in [0.1, 0.15) is 36.8 Å². The van der Waals surface area contributed by atoms with Gasteiger partial charge in [-0.25, -0.2) is 0 Å². The van der Waals surface area contributed by atoms with Crippen LogP contribution in [0.5, 0.6) is 0 Å². The van der Waals surface area contributed by atoms with Gasteiger partial charge in [0.15, 0.2) is 0 Å². The molecule has 0 saturated carbocycles. The van der Waals surface area contributed by atoms with E-state index in [1.807, 2.05) is 26.0 Å². The minimum absolute atomic E-state index is 0.00403. The molecule has 0 spiro atoms. The molecule has 1 fully saturated rings. The predicted octanol–water partition coefficient (Wildman–Crippen LogP) is 3.85. The normalized spacial score (nSPS) is 18.6. The fourth-order valence-corrected chi connectivity index (χ4v) is 2.81. The number of carbonyl (C=O) groups excluding carboxylic acids is 1. The van der Waals surface area contributed by atoms with Crippen molar-refractivity contribution in [3.05, 3.63) is 28.3 Å². The first kappa shape index (κ1) is 14.4. The number of hydrogen-bond donors (Lipinski definition) is 1. The van der Waals surface area contributed by atoms with E-state index in [2.05, 4.69) is 5.32 Å². The standard InChI is InChI=1S/C15H20ClNO2/c1-10-8-11(2)15(13(16)9-10)17-14(18)6-5-12-4-3-7-19-12/h8-9,12H,3-7H2,1-2H3,(H,17,18)/t12-/m1/s1. The maximum Gasteiger partial charge on any atom is 0.224 e. The van der Waals surface area contributed by atoms with Crippen molar-refractivity contribution in [3.63, 3.8) is 0 Å². The summed E-state index contributed by atoms with van der Waals surface area (Å²) >= 11 is 6.17. The Hall–Kier alpha value is -1.06. The van der Waals surface area contributed by atoms with E-state index in [1.54, 1.807) is 0 Å². The van der Waals surface area contributed by atoms with Crippen LogP contribution in [0.4, 0.5) is 5.69 Å². The average Bonchev–Trinajstić information content (AvgIpc) is 2.84. The van der Waals surface area contributed by atoms with Gasteiger partial charge in [-0.2, -0.15) is 0 Å². The Balaban J connectivity index is 1.91. The van der Waals surface area contributed by atoms with E-state index in [0.717, 1.165) is 42.7 Å². The van der Waals surface area contributed by atoms with E-state index in [4.69, 9.17) is 16.3 Å². The Kier molecular flexibility index (Phi) is 4.83. The van der Waals surface area contributed by atoms with Crippen LogP contribution in [0.25, 0.3) is 0 Å². The van der Waals surface area contributed by atoms with Crippen molar-refractivity contribution in [2.24, 2.45) is 0 Å². The molecule has 19 heavy (non-hydrogen) atoms. The number of carbonyl (C=O) groups is 1. The van der Waals surface area contributed by atoms with Gasteiger partial charge in [0, 0.05) is 13.0 Å². The second-order valence-electron chi connectivity index (χ2n) is 5.16. The Bertz CT molecular complexity index is 444. The monoisotopic (exact) mass is 281 g/mol. The molecule has 0 radical (unpaired) electrons. The lowest BCUT2D eigenvalue weighted by Crippen LogP contribution is -2.16. The third kappa shape index (κ3) is 3.95. The quantitative estimate of drug-likeness (QED) is 0.910. The van der Waals surface area contributed by atoms with E-state index in [9.17, 15) is 4.79 Å². The van der Waals surface area contributed by atoms with Crippen LogP contribution in [-0.4, -0.2) is 18.6 Å². The number of rotatable bonds is 4. The second-order valence-corrected chi connectivity index (χ2v) is 5.57. The number of benzene rings is 1. The largest absolute Gasteiger partial charge is 0.378 e. The Labute approximate surface area is 119 Å². The van der Waals surface area contributed by atoms with Crippen LogP contribution in [-0.2, 0) is 9.53 Å². The van der Waals surface area contributed by atoms with Crippen molar-refractivity contribution in [2.75, 3.05) is 11.9 Å². The molecule has 0 bridgehead atoms. The molecule has 1 atom stereocenters. The molecule has 0 aromatic heterocycles. The van der Waals surface area contributed by atoms with Crippen molar-refractivity contribution in [3.8, 4) is 0 Å². The first-order chi connectivity index (χ1) is 9.06. The maximum absolute atomic E-state index is 11.9. The third-order valence-electron chi connectivity index (χ3n) is 3.41. The van der Waals surface area contributed by atoms with Gasteiger partial charge in [-0.15, -0.1) is 0 Å². The van der Waals surface area contributed by atoms with Gasteiger partial charge in [0.1, 0.15) is 0 Å². The number of halogens is 1. The molecule has 0 unspecified atom stereocenters. The van der Waals surface area contributed by atoms with Crippen LogP contribution in [0, 0.1) is 13.8 Å². The van der Waals surface area contributed by atoms with E-state index >= 15 is 0 Å². The van der Waals surface area contributed by atoms with Gasteiger partial charge in [-0.1, -0.05) is 17.7 Å². The zero-order chi connectivity index (χ0) is 13.8. The van der Waals surface area contributed by atoms with Gasteiger partial charge in [0.25, 0.3) is 0 Å². The highest BCUT2D eigenvalue weighted by molar-refractivity contribution is 6.34. The third-order valence-corrected chi connectivity index (χ3v) is 3.71. The predicted molar refractivity (Wildman–Crippen MR) is 77.8 cm³/mol. The zero-order valence-corrected chi connectivity index (χ0v) is 12.2. The number of ether oxygens (including phenoxy) is 1. The number of hydrogen-bond acceptors (Lipinski definition) is 2. The number of aryl methyl sites for hydroxylation is 2. The first-order valence-electron chi connectivity index (χ1n) is 6.74. The summed E-state index contributed by atoms with van der Waals surface area (Å²) in [6.45, 7) is 4.77. The summed E-state index contributed by atoms with van der Waals surface area (Å²) in [7, 11) is 0. The molecule has 1 heterocycles. The van der Waals surface area contributed by atoms with Crippen molar-refractivity contribution in [2.45, 2.75) is 45.6 Å². The SMILES string of the molecule is Cc1cc(C)c(NC(=O)CC[C@H]2CCCO2)c(Cl)c1. The van der Waals surface area contributed by atoms with Crippen LogP contribution in [0.2, 0.25) is 5.02 Å². The average molecular weight is 282 g/mol. The molecular weight excluding hydrogens is 262 g/mol. The lowest BCUT2D eigenvalue weighted by molar-refractivity contribution is -0.116. The Morgan fingerprint density at radius 2 is 2.26 bits per heavy atom. The molecular formula is C15H20ClNO2. The number of amides is 1. The molecule has 1 aliphatic heterocycles. The van der Waals surface area contributed by atoms with Crippen LogP contribution in [0.3, 0.4) is 0 Å². The van der Waals surface area contributed by atoms with Crippen molar-refractivity contribution >= 4 is 23.2 Å². The highest BCUT2D eigenvalue weighted by Crippen LogP contribution is 2.27. The first-order valence-corrected chi connectivity index (χ1v) is 7.12. The summed E-state index contributed by atoms with van der Waals surface area (Å²) in [4.78, 5) is 11.9. The topological polar surface area (TPSA) is 38.3 Å². The second kappa shape index (κ2) is 6.40. The summed E-state index contributed by atoms with van der Waals surface area (Å²) in [5, 5.41) is 3.50. The van der Waals surface area contributed by atoms with Crippen LogP contribution >= 0.6 is 11.6 Å². The molecule has 104 valence electrons. The van der Waals surface area contributed by atoms with Crippen molar-refractivity contribution < 1.29 is 9.53 Å². The zero-order valence-electron chi connectivity index (χ0n) is 11.5. The molecule has 4 heteroatoms. The fourth-order valence-electron chi connectivity index (χ4n) is 2.44. The number of anilines is 1.